The van der Waals surface area contributed by atoms with Crippen molar-refractivity contribution in [3.8, 4) is 0 Å². The Morgan fingerprint density at radius 2 is 2.13 bits per heavy atom. The summed E-state index contributed by atoms with van der Waals surface area (Å²) in [5.74, 6) is 4.82. The number of hydrazone groups is 1. The summed E-state index contributed by atoms with van der Waals surface area (Å²) in [6.07, 6.45) is 1.41. The second kappa shape index (κ2) is 5.55. The number of carbonyl (C=O) groups excluding carboxylic acids is 1. The summed E-state index contributed by atoms with van der Waals surface area (Å²) in [6, 6.07) is 4.36. The minimum atomic E-state index is -0.605. The van der Waals surface area contributed by atoms with Crippen molar-refractivity contribution in [1.29, 1.82) is 0 Å². The summed E-state index contributed by atoms with van der Waals surface area (Å²) in [6.45, 7) is 0. The number of carbonyl (C=O) groups is 1. The van der Waals surface area contributed by atoms with E-state index < -0.39 is 6.03 Å². The Hall–Kier alpha value is -1.30. The smallest absolute Gasteiger partial charge is 0.274 e. The van der Waals surface area contributed by atoms with E-state index in [1.54, 1.807) is 18.2 Å². The highest BCUT2D eigenvalue weighted by Gasteiger charge is 1.97. The number of nitrogens with one attached hydrogen (secondary N) is 2. The fourth-order valence-corrected chi connectivity index (χ4v) is 1.10. The van der Waals surface area contributed by atoms with Gasteiger partial charge in [0.2, 0.25) is 0 Å². The Morgan fingerprint density at radius 1 is 1.40 bits per heavy atom. The van der Waals surface area contributed by atoms with Crippen LogP contribution in [-0.2, 0) is 0 Å². The predicted molar refractivity (Wildman–Crippen MR) is 59.9 cm³/mol. The molecule has 5 nitrogen and oxygen atoms in total. The van der Waals surface area contributed by atoms with Gasteiger partial charge in [-0.2, -0.15) is 5.10 Å². The van der Waals surface area contributed by atoms with Crippen molar-refractivity contribution in [2.45, 2.75) is 0 Å². The number of hydrogen-bond donors (Lipinski definition) is 3. The van der Waals surface area contributed by atoms with Gasteiger partial charge < -0.3 is 0 Å². The normalized spacial score (nSPS) is 10.3. The Labute approximate surface area is 96.2 Å². The molecule has 0 bridgehead atoms. The van der Waals surface area contributed by atoms with Gasteiger partial charge in [-0.05, 0) is 17.7 Å². The Kier molecular flexibility index (Phi) is 4.36. The first-order chi connectivity index (χ1) is 7.13. The van der Waals surface area contributed by atoms with Crippen molar-refractivity contribution in [2.75, 3.05) is 0 Å². The lowest BCUT2D eigenvalue weighted by Crippen LogP contribution is -2.37. The highest BCUT2D eigenvalue weighted by molar-refractivity contribution is 6.42. The molecule has 15 heavy (non-hydrogen) atoms. The van der Waals surface area contributed by atoms with Crippen molar-refractivity contribution in [3.63, 3.8) is 0 Å². The van der Waals surface area contributed by atoms with Crippen LogP contribution in [0.4, 0.5) is 4.79 Å². The van der Waals surface area contributed by atoms with Crippen molar-refractivity contribution in [3.05, 3.63) is 33.8 Å². The van der Waals surface area contributed by atoms with Gasteiger partial charge in [0.25, 0.3) is 0 Å². The first-order valence-corrected chi connectivity index (χ1v) is 4.64. The van der Waals surface area contributed by atoms with E-state index in [9.17, 15) is 4.79 Å². The molecule has 0 aromatic heterocycles. The average molecular weight is 247 g/mol. The van der Waals surface area contributed by atoms with Crippen molar-refractivity contribution < 1.29 is 4.79 Å². The third-order valence-electron chi connectivity index (χ3n) is 1.45. The molecule has 1 aromatic carbocycles. The van der Waals surface area contributed by atoms with E-state index in [-0.39, 0.29) is 0 Å². The fourth-order valence-electron chi connectivity index (χ4n) is 0.790. The monoisotopic (exact) mass is 246 g/mol. The van der Waals surface area contributed by atoms with Gasteiger partial charge in [0, 0.05) is 0 Å². The lowest BCUT2D eigenvalue weighted by Gasteiger charge is -1.98. The summed E-state index contributed by atoms with van der Waals surface area (Å²) in [5, 5.41) is 4.49. The van der Waals surface area contributed by atoms with E-state index in [0.717, 1.165) is 0 Å². The number of amides is 2. The molecule has 1 aromatic rings. The maximum Gasteiger partial charge on any atom is 0.349 e. The number of benzene rings is 1. The van der Waals surface area contributed by atoms with E-state index in [4.69, 9.17) is 29.0 Å². The maximum atomic E-state index is 10.6. The lowest BCUT2D eigenvalue weighted by molar-refractivity contribution is 0.241. The summed E-state index contributed by atoms with van der Waals surface area (Å²) >= 11 is 11.5. The molecule has 2 amide bonds. The molecule has 0 saturated carbocycles. The topological polar surface area (TPSA) is 79.5 Å². The van der Waals surface area contributed by atoms with Gasteiger partial charge in [0.1, 0.15) is 0 Å². The van der Waals surface area contributed by atoms with Crippen molar-refractivity contribution in [1.82, 2.24) is 10.9 Å². The van der Waals surface area contributed by atoms with E-state index in [1.165, 1.54) is 6.21 Å². The van der Waals surface area contributed by atoms with Crippen molar-refractivity contribution >= 4 is 35.4 Å². The minimum Gasteiger partial charge on any atom is -0.274 e. The molecule has 1 rings (SSSR count). The quantitative estimate of drug-likeness (QED) is 0.320. The molecule has 80 valence electrons. The van der Waals surface area contributed by atoms with E-state index in [0.29, 0.717) is 15.6 Å². The van der Waals surface area contributed by atoms with Gasteiger partial charge >= 0.3 is 6.03 Å². The number of hydrogen-bond acceptors (Lipinski definition) is 3. The molecule has 0 aliphatic rings. The fraction of sp³-hybridized carbons (Fsp3) is 0. The predicted octanol–water partition coefficient (Wildman–Crippen LogP) is 1.50. The van der Waals surface area contributed by atoms with Crippen LogP contribution in [0, 0.1) is 0 Å². The van der Waals surface area contributed by atoms with Crippen LogP contribution in [0.1, 0.15) is 5.56 Å². The van der Waals surface area contributed by atoms with Gasteiger partial charge in [-0.15, -0.1) is 0 Å². The number of rotatable bonds is 2. The maximum absolute atomic E-state index is 10.6. The summed E-state index contributed by atoms with van der Waals surface area (Å²) in [4.78, 5) is 10.6. The minimum absolute atomic E-state index is 0.420. The first-order valence-electron chi connectivity index (χ1n) is 3.88. The van der Waals surface area contributed by atoms with Crippen LogP contribution >= 0.6 is 23.2 Å². The Morgan fingerprint density at radius 3 is 2.73 bits per heavy atom. The molecule has 4 N–H and O–H groups in total. The molecule has 0 atom stereocenters. The highest BCUT2D eigenvalue weighted by Crippen LogP contribution is 2.21. The molecular weight excluding hydrogens is 239 g/mol. The van der Waals surface area contributed by atoms with Crippen LogP contribution in [0.3, 0.4) is 0 Å². The summed E-state index contributed by atoms with van der Waals surface area (Å²) < 4.78 is 0. The summed E-state index contributed by atoms with van der Waals surface area (Å²) in [5.41, 5.74) is 4.70. The molecule has 0 radical (unpaired) electrons. The molecule has 0 unspecified atom stereocenters. The number of hydrazine groups is 1. The third kappa shape index (κ3) is 3.75. The standard InChI is InChI=1S/C8H8Cl2N4O/c9-6-2-1-5(3-7(6)10)4-12-14-8(15)13-11/h1-4H,11H2,(H2,13,14,15)/b12-4-. The zero-order chi connectivity index (χ0) is 11.3. The lowest BCUT2D eigenvalue weighted by atomic mass is 10.2. The molecular formula is C8H8Cl2N4O. The van der Waals surface area contributed by atoms with Crippen LogP contribution in [0.2, 0.25) is 10.0 Å². The molecule has 0 heterocycles. The van der Waals surface area contributed by atoms with E-state index in [1.807, 2.05) is 5.43 Å². The summed E-state index contributed by atoms with van der Waals surface area (Å²) in [7, 11) is 0. The van der Waals surface area contributed by atoms with Gasteiger partial charge in [-0.1, -0.05) is 29.3 Å². The molecule has 7 heteroatoms. The number of nitrogens with two attached hydrogens (primary N) is 1. The zero-order valence-electron chi connectivity index (χ0n) is 7.50. The highest BCUT2D eigenvalue weighted by atomic mass is 35.5. The average Bonchev–Trinajstić information content (AvgIpc) is 2.23. The van der Waals surface area contributed by atoms with Gasteiger partial charge in [-0.3, -0.25) is 5.43 Å². The van der Waals surface area contributed by atoms with Crippen LogP contribution in [-0.4, -0.2) is 12.2 Å². The molecule has 0 spiro atoms. The Balaban J connectivity index is 2.65. The third-order valence-corrected chi connectivity index (χ3v) is 2.19. The van der Waals surface area contributed by atoms with E-state index >= 15 is 0 Å². The number of urea groups is 1. The van der Waals surface area contributed by atoms with Gasteiger partial charge in [0.05, 0.1) is 16.3 Å². The largest absolute Gasteiger partial charge is 0.349 e. The van der Waals surface area contributed by atoms with Crippen LogP contribution in [0.25, 0.3) is 0 Å². The first kappa shape index (κ1) is 11.8. The van der Waals surface area contributed by atoms with Crippen molar-refractivity contribution in [2.24, 2.45) is 10.9 Å². The van der Waals surface area contributed by atoms with Crippen LogP contribution in [0.5, 0.6) is 0 Å². The van der Waals surface area contributed by atoms with Gasteiger partial charge in [-0.25, -0.2) is 16.1 Å². The second-order valence-corrected chi connectivity index (χ2v) is 3.33. The zero-order valence-corrected chi connectivity index (χ0v) is 9.01. The van der Waals surface area contributed by atoms with Crippen LogP contribution < -0.4 is 16.7 Å². The molecule has 0 aliphatic carbocycles. The number of nitrogens with zero attached hydrogens (tertiary/aromatic N) is 1. The van der Waals surface area contributed by atoms with Crippen LogP contribution in [0.15, 0.2) is 23.3 Å². The molecule has 0 saturated heterocycles. The Bertz CT molecular complexity index is 394. The second-order valence-electron chi connectivity index (χ2n) is 2.52. The molecule has 0 aliphatic heterocycles. The van der Waals surface area contributed by atoms with E-state index in [2.05, 4.69) is 10.5 Å². The number of halogens is 2. The molecule has 0 fully saturated rings. The SMILES string of the molecule is NNC(=O)N/N=C\c1ccc(Cl)c(Cl)c1. The van der Waals surface area contributed by atoms with Gasteiger partial charge in [0.15, 0.2) is 0 Å².